The first kappa shape index (κ1) is 10.9. The minimum atomic E-state index is 0.0161. The van der Waals surface area contributed by atoms with Gasteiger partial charge >= 0.3 is 0 Å². The maximum atomic E-state index is 12.1. The van der Waals surface area contributed by atoms with E-state index in [0.29, 0.717) is 5.92 Å². The van der Waals surface area contributed by atoms with Gasteiger partial charge in [-0.25, -0.2) is 0 Å². The zero-order valence-electron chi connectivity index (χ0n) is 8.66. The number of carbonyl (C=O) groups excluding carboxylic acids is 1. The molecule has 1 unspecified atom stereocenters. The van der Waals surface area contributed by atoms with Crippen molar-refractivity contribution in [1.82, 2.24) is 0 Å². The summed E-state index contributed by atoms with van der Waals surface area (Å²) in [6.07, 6.45) is 4.92. The van der Waals surface area contributed by atoms with E-state index in [1.807, 2.05) is 30.3 Å². The lowest BCUT2D eigenvalue weighted by Crippen LogP contribution is -2.22. The number of benzene rings is 1. The van der Waals surface area contributed by atoms with Crippen molar-refractivity contribution in [2.24, 2.45) is 5.92 Å². The predicted molar refractivity (Wildman–Crippen MR) is 65.4 cm³/mol. The minimum Gasteiger partial charge on any atom is -0.293 e. The van der Waals surface area contributed by atoms with E-state index in [9.17, 15) is 4.79 Å². The normalized spacial score (nSPS) is 19.0. The van der Waals surface area contributed by atoms with Gasteiger partial charge in [0.15, 0.2) is 5.78 Å². The number of rotatable bonds is 3. The molecule has 2 rings (SSSR count). The van der Waals surface area contributed by atoms with Crippen molar-refractivity contribution in [3.63, 3.8) is 0 Å². The second-order valence-electron chi connectivity index (χ2n) is 4.18. The van der Waals surface area contributed by atoms with Crippen LogP contribution < -0.4 is 0 Å². The molecule has 1 aliphatic rings. The third-order valence-electron chi connectivity index (χ3n) is 3.12. The molecular weight excluding hydrogens is 252 g/mol. The fourth-order valence-corrected chi connectivity index (χ4v) is 3.02. The van der Waals surface area contributed by atoms with E-state index >= 15 is 0 Å². The maximum absolute atomic E-state index is 12.1. The van der Waals surface area contributed by atoms with E-state index in [1.54, 1.807) is 0 Å². The van der Waals surface area contributed by atoms with Crippen LogP contribution in [0.4, 0.5) is 0 Å². The monoisotopic (exact) mass is 266 g/mol. The van der Waals surface area contributed by atoms with Gasteiger partial charge < -0.3 is 0 Å². The van der Waals surface area contributed by atoms with Crippen molar-refractivity contribution < 1.29 is 4.79 Å². The third kappa shape index (κ3) is 2.49. The first-order chi connectivity index (χ1) is 7.29. The Labute approximate surface area is 99.0 Å². The molecule has 1 atom stereocenters. The molecule has 2 heteroatoms. The smallest absolute Gasteiger partial charge is 0.176 e. The van der Waals surface area contributed by atoms with E-state index in [4.69, 9.17) is 0 Å². The van der Waals surface area contributed by atoms with Gasteiger partial charge in [0.05, 0.1) is 4.83 Å². The Balaban J connectivity index is 2.07. The van der Waals surface area contributed by atoms with E-state index < -0.39 is 0 Å². The lowest BCUT2D eigenvalue weighted by Gasteiger charge is -2.15. The maximum Gasteiger partial charge on any atom is 0.176 e. The standard InChI is InChI=1S/C13H15BrO/c14-12(10-6-4-5-7-10)13(15)11-8-2-1-3-9-11/h1-3,8-10,12H,4-7H2. The van der Waals surface area contributed by atoms with Gasteiger partial charge in [0, 0.05) is 5.56 Å². The van der Waals surface area contributed by atoms with Crippen LogP contribution in [0.15, 0.2) is 30.3 Å². The van der Waals surface area contributed by atoms with Crippen LogP contribution in [0, 0.1) is 5.92 Å². The Hall–Kier alpha value is -0.630. The number of halogens is 1. The number of hydrogen-bond acceptors (Lipinski definition) is 1. The predicted octanol–water partition coefficient (Wildman–Crippen LogP) is 3.82. The summed E-state index contributed by atoms with van der Waals surface area (Å²) < 4.78 is 0. The Morgan fingerprint density at radius 1 is 1.20 bits per heavy atom. The fourth-order valence-electron chi connectivity index (χ4n) is 2.23. The van der Waals surface area contributed by atoms with Gasteiger partial charge in [-0.2, -0.15) is 0 Å². The molecule has 0 amide bonds. The van der Waals surface area contributed by atoms with Gasteiger partial charge in [-0.3, -0.25) is 4.79 Å². The van der Waals surface area contributed by atoms with Crippen molar-refractivity contribution in [3.05, 3.63) is 35.9 Å². The summed E-state index contributed by atoms with van der Waals surface area (Å²) in [6, 6.07) is 9.57. The summed E-state index contributed by atoms with van der Waals surface area (Å²) in [4.78, 5) is 12.1. The second-order valence-corrected chi connectivity index (χ2v) is 5.16. The van der Waals surface area contributed by atoms with Crippen LogP contribution in [-0.4, -0.2) is 10.6 Å². The molecule has 0 spiro atoms. The SMILES string of the molecule is O=C(c1ccccc1)C(Br)C1CCCC1. The molecule has 15 heavy (non-hydrogen) atoms. The summed E-state index contributed by atoms with van der Waals surface area (Å²) in [5.41, 5.74) is 0.825. The number of Topliss-reactive ketones (excluding diaryl/α,β-unsaturated/α-hetero) is 1. The van der Waals surface area contributed by atoms with Crippen LogP contribution in [0.2, 0.25) is 0 Å². The van der Waals surface area contributed by atoms with Crippen molar-refractivity contribution >= 4 is 21.7 Å². The van der Waals surface area contributed by atoms with Crippen LogP contribution in [0.25, 0.3) is 0 Å². The molecule has 1 saturated carbocycles. The molecule has 0 aliphatic heterocycles. The lowest BCUT2D eigenvalue weighted by atomic mass is 9.97. The molecule has 1 aromatic rings. The largest absolute Gasteiger partial charge is 0.293 e. The Bertz CT molecular complexity index is 328. The van der Waals surface area contributed by atoms with Crippen LogP contribution in [-0.2, 0) is 0 Å². The molecule has 1 aliphatic carbocycles. The first-order valence-electron chi connectivity index (χ1n) is 5.52. The van der Waals surface area contributed by atoms with Gasteiger partial charge in [0.2, 0.25) is 0 Å². The molecule has 0 saturated heterocycles. The Kier molecular flexibility index (Phi) is 3.57. The van der Waals surface area contributed by atoms with E-state index in [0.717, 1.165) is 5.56 Å². The number of ketones is 1. The van der Waals surface area contributed by atoms with E-state index in [1.165, 1.54) is 25.7 Å². The van der Waals surface area contributed by atoms with Crippen LogP contribution in [0.3, 0.4) is 0 Å². The van der Waals surface area contributed by atoms with Gasteiger partial charge in [-0.1, -0.05) is 59.1 Å². The van der Waals surface area contributed by atoms with Crippen molar-refractivity contribution in [2.45, 2.75) is 30.5 Å². The third-order valence-corrected chi connectivity index (χ3v) is 4.29. The van der Waals surface area contributed by atoms with Crippen LogP contribution >= 0.6 is 15.9 Å². The van der Waals surface area contributed by atoms with Crippen LogP contribution in [0.5, 0.6) is 0 Å². The molecule has 1 fully saturated rings. The topological polar surface area (TPSA) is 17.1 Å². The summed E-state index contributed by atoms with van der Waals surface area (Å²) >= 11 is 3.56. The second kappa shape index (κ2) is 4.93. The summed E-state index contributed by atoms with van der Waals surface area (Å²) in [5.74, 6) is 0.778. The first-order valence-corrected chi connectivity index (χ1v) is 6.44. The highest BCUT2D eigenvalue weighted by Crippen LogP contribution is 2.33. The van der Waals surface area contributed by atoms with Crippen LogP contribution in [0.1, 0.15) is 36.0 Å². The molecule has 1 aromatic carbocycles. The minimum absolute atomic E-state index is 0.0161. The Morgan fingerprint density at radius 3 is 2.40 bits per heavy atom. The highest BCUT2D eigenvalue weighted by Gasteiger charge is 2.28. The molecule has 1 nitrogen and oxygen atoms in total. The molecule has 0 bridgehead atoms. The molecule has 0 radical (unpaired) electrons. The molecule has 0 aromatic heterocycles. The average Bonchev–Trinajstić information content (AvgIpc) is 2.82. The average molecular weight is 267 g/mol. The van der Waals surface area contributed by atoms with E-state index in [2.05, 4.69) is 15.9 Å². The summed E-state index contributed by atoms with van der Waals surface area (Å²) in [6.45, 7) is 0. The highest BCUT2D eigenvalue weighted by molar-refractivity contribution is 9.10. The van der Waals surface area contributed by atoms with Crippen molar-refractivity contribution in [3.8, 4) is 0 Å². The van der Waals surface area contributed by atoms with Crippen molar-refractivity contribution in [2.75, 3.05) is 0 Å². The number of hydrogen-bond donors (Lipinski definition) is 0. The quantitative estimate of drug-likeness (QED) is 0.601. The summed E-state index contributed by atoms with van der Waals surface area (Å²) in [5, 5.41) is 0. The zero-order valence-corrected chi connectivity index (χ0v) is 10.2. The Morgan fingerprint density at radius 2 is 1.80 bits per heavy atom. The highest BCUT2D eigenvalue weighted by atomic mass is 79.9. The lowest BCUT2D eigenvalue weighted by molar-refractivity contribution is 0.0973. The van der Waals surface area contributed by atoms with Gasteiger partial charge in [0.1, 0.15) is 0 Å². The molecule has 80 valence electrons. The fraction of sp³-hybridized carbons (Fsp3) is 0.462. The summed E-state index contributed by atoms with van der Waals surface area (Å²) in [7, 11) is 0. The molecular formula is C13H15BrO. The van der Waals surface area contributed by atoms with Gasteiger partial charge in [-0.05, 0) is 18.8 Å². The van der Waals surface area contributed by atoms with E-state index in [-0.39, 0.29) is 10.6 Å². The molecule has 0 heterocycles. The molecule has 0 N–H and O–H groups in total. The number of carbonyl (C=O) groups is 1. The number of alkyl halides is 1. The van der Waals surface area contributed by atoms with Gasteiger partial charge in [0.25, 0.3) is 0 Å². The zero-order chi connectivity index (χ0) is 10.7. The van der Waals surface area contributed by atoms with Gasteiger partial charge in [-0.15, -0.1) is 0 Å². The van der Waals surface area contributed by atoms with Crippen molar-refractivity contribution in [1.29, 1.82) is 0 Å².